The van der Waals surface area contributed by atoms with Gasteiger partial charge in [-0.05, 0) is 24.6 Å². The first kappa shape index (κ1) is 16.8. The van der Waals surface area contributed by atoms with E-state index in [1.165, 1.54) is 35.5 Å². The molecule has 25 heavy (non-hydrogen) atoms. The first-order chi connectivity index (χ1) is 12.1. The molecule has 1 aliphatic heterocycles. The van der Waals surface area contributed by atoms with Crippen molar-refractivity contribution in [2.24, 2.45) is 0 Å². The van der Waals surface area contributed by atoms with Crippen LogP contribution >= 0.6 is 0 Å². The number of halogens is 1. The zero-order valence-corrected chi connectivity index (χ0v) is 13.7. The number of aromatic nitrogens is 2. The average Bonchev–Trinajstić information content (AvgIpc) is 2.62. The zero-order chi connectivity index (χ0) is 17.8. The van der Waals surface area contributed by atoms with E-state index < -0.39 is 11.9 Å². The smallest absolute Gasteiger partial charge is 0.258 e. The van der Waals surface area contributed by atoms with Crippen LogP contribution in [-0.4, -0.2) is 46.3 Å². The molecule has 1 aromatic carbocycles. The van der Waals surface area contributed by atoms with E-state index in [0.717, 1.165) is 0 Å². The van der Waals surface area contributed by atoms with Crippen molar-refractivity contribution in [2.75, 3.05) is 25.0 Å². The van der Waals surface area contributed by atoms with E-state index in [2.05, 4.69) is 20.6 Å². The quantitative estimate of drug-likeness (QED) is 0.875. The Kier molecular flexibility index (Phi) is 4.87. The van der Waals surface area contributed by atoms with Crippen LogP contribution in [0.2, 0.25) is 0 Å². The van der Waals surface area contributed by atoms with Crippen LogP contribution in [0.25, 0.3) is 0 Å². The first-order valence-corrected chi connectivity index (χ1v) is 8.00. The molecule has 0 spiro atoms. The maximum atomic E-state index is 13.6. The number of anilines is 1. The Morgan fingerprint density at radius 2 is 2.16 bits per heavy atom. The van der Waals surface area contributed by atoms with Gasteiger partial charge in [0.2, 0.25) is 11.9 Å². The topological polar surface area (TPSA) is 87.2 Å². The summed E-state index contributed by atoms with van der Waals surface area (Å²) in [6.07, 6.45) is 2.84. The molecule has 3 rings (SSSR count). The summed E-state index contributed by atoms with van der Waals surface area (Å²) in [7, 11) is 0. The molecule has 0 saturated carbocycles. The van der Waals surface area contributed by atoms with Crippen LogP contribution < -0.4 is 10.6 Å². The van der Waals surface area contributed by atoms with Crippen molar-refractivity contribution in [3.05, 3.63) is 53.6 Å². The molecule has 1 fully saturated rings. The van der Waals surface area contributed by atoms with Gasteiger partial charge in [0.1, 0.15) is 11.9 Å². The van der Waals surface area contributed by atoms with Gasteiger partial charge < -0.3 is 15.5 Å². The van der Waals surface area contributed by atoms with Gasteiger partial charge in [0, 0.05) is 32.0 Å². The Balaban J connectivity index is 1.89. The molecule has 2 amide bonds. The van der Waals surface area contributed by atoms with Crippen LogP contribution in [0.5, 0.6) is 0 Å². The minimum atomic E-state index is -0.884. The molecule has 8 heteroatoms. The van der Waals surface area contributed by atoms with Gasteiger partial charge >= 0.3 is 0 Å². The number of hydrogen-bond donors (Lipinski definition) is 2. The Morgan fingerprint density at radius 3 is 2.84 bits per heavy atom. The number of rotatable bonds is 4. The first-order valence-electron chi connectivity index (χ1n) is 8.00. The second-order valence-corrected chi connectivity index (χ2v) is 5.57. The van der Waals surface area contributed by atoms with Gasteiger partial charge in [-0.2, -0.15) is 0 Å². The molecule has 1 aromatic heterocycles. The number of nitrogens with one attached hydrogen (secondary N) is 2. The molecule has 1 unspecified atom stereocenters. The summed E-state index contributed by atoms with van der Waals surface area (Å²) in [4.78, 5) is 34.7. The van der Waals surface area contributed by atoms with Gasteiger partial charge in [0.15, 0.2) is 0 Å². The number of amides is 2. The highest BCUT2D eigenvalue weighted by molar-refractivity contribution is 5.98. The molecule has 2 N–H and O–H groups in total. The van der Waals surface area contributed by atoms with Gasteiger partial charge in [0.05, 0.1) is 5.56 Å². The summed E-state index contributed by atoms with van der Waals surface area (Å²) in [5, 5.41) is 5.66. The van der Waals surface area contributed by atoms with Gasteiger partial charge in [-0.15, -0.1) is 0 Å². The third kappa shape index (κ3) is 3.57. The van der Waals surface area contributed by atoms with Crippen LogP contribution in [-0.2, 0) is 4.79 Å². The van der Waals surface area contributed by atoms with Crippen molar-refractivity contribution in [2.45, 2.75) is 13.0 Å². The lowest BCUT2D eigenvalue weighted by Crippen LogP contribution is -2.52. The van der Waals surface area contributed by atoms with E-state index in [0.29, 0.717) is 31.1 Å². The molecule has 1 atom stereocenters. The molecule has 7 nitrogen and oxygen atoms in total. The fourth-order valence-electron chi connectivity index (χ4n) is 2.75. The fourth-order valence-corrected chi connectivity index (χ4v) is 2.75. The van der Waals surface area contributed by atoms with Gasteiger partial charge in [0.25, 0.3) is 5.91 Å². The second kappa shape index (κ2) is 7.25. The van der Waals surface area contributed by atoms with Crippen molar-refractivity contribution in [1.29, 1.82) is 0 Å². The van der Waals surface area contributed by atoms with Crippen molar-refractivity contribution in [3.8, 4) is 0 Å². The molecule has 1 saturated heterocycles. The Labute approximate surface area is 144 Å². The third-order valence-electron chi connectivity index (χ3n) is 3.87. The Bertz CT molecular complexity index is 781. The number of benzene rings is 1. The lowest BCUT2D eigenvalue weighted by Gasteiger charge is -2.35. The monoisotopic (exact) mass is 343 g/mol. The standard InChI is InChI=1S/C17H18FN5O2/c1-2-19-17-21-9-12(10-22-17)16(25)23-7-6-20-15(24)14(23)11-4-3-5-13(18)8-11/h3-5,8-10,14H,2,6-7H2,1H3,(H,20,24)(H,19,21,22). The number of carbonyl (C=O) groups excluding carboxylic acids is 2. The van der Waals surface area contributed by atoms with E-state index in [9.17, 15) is 14.0 Å². The van der Waals surface area contributed by atoms with Crippen molar-refractivity contribution >= 4 is 17.8 Å². The predicted molar refractivity (Wildman–Crippen MR) is 89.4 cm³/mol. The number of hydrogen-bond acceptors (Lipinski definition) is 5. The van der Waals surface area contributed by atoms with Crippen LogP contribution in [0.1, 0.15) is 28.9 Å². The third-order valence-corrected chi connectivity index (χ3v) is 3.87. The molecule has 2 aromatic rings. The lowest BCUT2D eigenvalue weighted by atomic mass is 10.0. The van der Waals surface area contributed by atoms with Crippen LogP contribution in [0.15, 0.2) is 36.7 Å². The normalized spacial score (nSPS) is 17.1. The summed E-state index contributed by atoms with van der Waals surface area (Å²) in [5.41, 5.74) is 0.702. The maximum absolute atomic E-state index is 13.6. The van der Waals surface area contributed by atoms with Gasteiger partial charge in [-0.1, -0.05) is 12.1 Å². The van der Waals surface area contributed by atoms with Crippen LogP contribution in [0.3, 0.4) is 0 Å². The van der Waals surface area contributed by atoms with E-state index in [1.54, 1.807) is 6.07 Å². The molecule has 1 aliphatic rings. The molecule has 2 heterocycles. The van der Waals surface area contributed by atoms with Crippen molar-refractivity contribution < 1.29 is 14.0 Å². The van der Waals surface area contributed by atoms with Crippen molar-refractivity contribution in [1.82, 2.24) is 20.2 Å². The minimum absolute atomic E-state index is 0.276. The summed E-state index contributed by atoms with van der Waals surface area (Å²) < 4.78 is 13.6. The summed E-state index contributed by atoms with van der Waals surface area (Å²) >= 11 is 0. The summed E-state index contributed by atoms with van der Waals surface area (Å²) in [5.74, 6) is -0.735. The second-order valence-electron chi connectivity index (χ2n) is 5.57. The number of nitrogens with zero attached hydrogens (tertiary/aromatic N) is 3. The van der Waals surface area contributed by atoms with E-state index in [1.807, 2.05) is 6.92 Å². The fraction of sp³-hybridized carbons (Fsp3) is 0.294. The zero-order valence-electron chi connectivity index (χ0n) is 13.7. The number of carbonyl (C=O) groups is 2. The SMILES string of the molecule is CCNc1ncc(C(=O)N2CCNC(=O)C2c2cccc(F)c2)cn1. The molecule has 0 aliphatic carbocycles. The Morgan fingerprint density at radius 1 is 1.40 bits per heavy atom. The molecule has 130 valence electrons. The summed E-state index contributed by atoms with van der Waals surface area (Å²) in [6.45, 7) is 3.24. The average molecular weight is 343 g/mol. The highest BCUT2D eigenvalue weighted by Gasteiger charge is 2.35. The molecule has 0 bridgehead atoms. The lowest BCUT2D eigenvalue weighted by molar-refractivity contribution is -0.128. The van der Waals surface area contributed by atoms with Crippen LogP contribution in [0.4, 0.5) is 10.3 Å². The highest BCUT2D eigenvalue weighted by atomic mass is 19.1. The van der Waals surface area contributed by atoms with Gasteiger partial charge in [-0.25, -0.2) is 14.4 Å². The maximum Gasteiger partial charge on any atom is 0.258 e. The highest BCUT2D eigenvalue weighted by Crippen LogP contribution is 2.25. The minimum Gasteiger partial charge on any atom is -0.355 e. The molecular formula is C17H18FN5O2. The molecule has 0 radical (unpaired) electrons. The van der Waals surface area contributed by atoms with E-state index in [4.69, 9.17) is 0 Å². The van der Waals surface area contributed by atoms with Crippen molar-refractivity contribution in [3.63, 3.8) is 0 Å². The van der Waals surface area contributed by atoms with E-state index in [-0.39, 0.29) is 17.4 Å². The number of piperazine rings is 1. The Hall–Kier alpha value is -3.03. The molecular weight excluding hydrogens is 325 g/mol. The largest absolute Gasteiger partial charge is 0.355 e. The van der Waals surface area contributed by atoms with Gasteiger partial charge in [-0.3, -0.25) is 9.59 Å². The van der Waals surface area contributed by atoms with E-state index >= 15 is 0 Å². The van der Waals surface area contributed by atoms with Crippen LogP contribution in [0, 0.1) is 5.82 Å². The predicted octanol–water partition coefficient (Wildman–Crippen LogP) is 1.36. The summed E-state index contributed by atoms with van der Waals surface area (Å²) in [6, 6.07) is 4.82.